The zero-order valence-corrected chi connectivity index (χ0v) is 18.9. The van der Waals surface area contributed by atoms with Gasteiger partial charge in [-0.05, 0) is 55.0 Å². The molecule has 2 aromatic carbocycles. The molecule has 1 aromatic heterocycles. The van der Waals surface area contributed by atoms with Gasteiger partial charge < -0.3 is 30.7 Å². The van der Waals surface area contributed by atoms with Crippen molar-refractivity contribution in [1.82, 2.24) is 9.97 Å². The van der Waals surface area contributed by atoms with Crippen LogP contribution in [0, 0.1) is 5.92 Å². The molecular weight excluding hydrogens is 432 g/mol. The Morgan fingerprint density at radius 2 is 1.79 bits per heavy atom. The summed E-state index contributed by atoms with van der Waals surface area (Å²) < 4.78 is 10.7. The quantitative estimate of drug-likeness (QED) is 0.480. The third-order valence-corrected chi connectivity index (χ3v) is 6.05. The molecule has 0 bridgehead atoms. The van der Waals surface area contributed by atoms with Crippen LogP contribution in [-0.2, 0) is 14.3 Å². The Morgan fingerprint density at radius 3 is 2.53 bits per heavy atom. The number of ether oxygens (including phenoxy) is 2. The summed E-state index contributed by atoms with van der Waals surface area (Å²) >= 11 is 0. The molecule has 34 heavy (non-hydrogen) atoms. The van der Waals surface area contributed by atoms with Gasteiger partial charge in [0.05, 0.1) is 31.4 Å². The molecule has 0 saturated carbocycles. The van der Waals surface area contributed by atoms with E-state index in [1.54, 1.807) is 12.3 Å². The number of nitrogen functional groups attached to an aromatic ring is 1. The zero-order valence-electron chi connectivity index (χ0n) is 18.9. The molecule has 9 heteroatoms. The smallest absolute Gasteiger partial charge is 0.229 e. The average molecular weight is 461 g/mol. The first kappa shape index (κ1) is 22.1. The van der Waals surface area contributed by atoms with Gasteiger partial charge in [0.1, 0.15) is 0 Å². The van der Waals surface area contributed by atoms with Crippen molar-refractivity contribution < 1.29 is 14.3 Å². The monoisotopic (exact) mass is 460 g/mol. The van der Waals surface area contributed by atoms with Gasteiger partial charge in [-0.25, -0.2) is 9.97 Å². The van der Waals surface area contributed by atoms with Crippen LogP contribution >= 0.6 is 0 Å². The van der Waals surface area contributed by atoms with E-state index in [0.717, 1.165) is 44.0 Å². The lowest BCUT2D eigenvalue weighted by Crippen LogP contribution is -2.36. The fraction of sp³-hybridized carbons (Fsp3) is 0.320. The highest BCUT2D eigenvalue weighted by molar-refractivity contribution is 5.94. The molecule has 1 atom stereocenters. The highest BCUT2D eigenvalue weighted by atomic mass is 16.5. The molecule has 2 aliphatic rings. The van der Waals surface area contributed by atoms with Crippen LogP contribution in [0.4, 0.5) is 28.7 Å². The number of hydrogen-bond donors (Lipinski definition) is 3. The summed E-state index contributed by atoms with van der Waals surface area (Å²) in [5.41, 5.74) is 11.0. The molecule has 4 N–H and O–H groups in total. The maximum atomic E-state index is 12.3. The van der Waals surface area contributed by atoms with Gasteiger partial charge >= 0.3 is 0 Å². The van der Waals surface area contributed by atoms with E-state index >= 15 is 0 Å². The Balaban J connectivity index is 1.26. The van der Waals surface area contributed by atoms with Crippen LogP contribution in [0.1, 0.15) is 6.42 Å². The number of nitrogens with one attached hydrogen (secondary N) is 2. The molecule has 2 aliphatic heterocycles. The minimum Gasteiger partial charge on any atom is -0.398 e. The van der Waals surface area contributed by atoms with Crippen LogP contribution in [-0.4, -0.2) is 55.4 Å². The predicted molar refractivity (Wildman–Crippen MR) is 132 cm³/mol. The lowest BCUT2D eigenvalue weighted by Gasteiger charge is -2.28. The largest absolute Gasteiger partial charge is 0.398 e. The van der Waals surface area contributed by atoms with Crippen molar-refractivity contribution in [2.75, 3.05) is 60.8 Å². The number of carbonyl (C=O) groups is 1. The van der Waals surface area contributed by atoms with E-state index in [0.29, 0.717) is 36.2 Å². The van der Waals surface area contributed by atoms with Crippen LogP contribution < -0.4 is 21.3 Å². The molecule has 1 amide bonds. The number of morpholine rings is 1. The van der Waals surface area contributed by atoms with Gasteiger partial charge in [0.15, 0.2) is 0 Å². The molecule has 5 rings (SSSR count). The summed E-state index contributed by atoms with van der Waals surface area (Å²) in [7, 11) is 0. The first-order valence-electron chi connectivity index (χ1n) is 11.5. The number of nitrogens with zero attached hydrogens (tertiary/aromatic N) is 3. The molecule has 9 nitrogen and oxygen atoms in total. The fourth-order valence-corrected chi connectivity index (χ4v) is 4.13. The Bertz CT molecular complexity index is 1140. The molecule has 0 spiro atoms. The van der Waals surface area contributed by atoms with E-state index in [4.69, 9.17) is 15.2 Å². The van der Waals surface area contributed by atoms with Gasteiger partial charge in [-0.15, -0.1) is 0 Å². The second-order valence-electron chi connectivity index (χ2n) is 8.39. The molecule has 3 aromatic rings. The lowest BCUT2D eigenvalue weighted by atomic mass is 10.1. The van der Waals surface area contributed by atoms with Crippen molar-refractivity contribution in [3.05, 3.63) is 54.7 Å². The summed E-state index contributed by atoms with van der Waals surface area (Å²) in [5, 5.41) is 6.18. The van der Waals surface area contributed by atoms with Gasteiger partial charge in [-0.2, -0.15) is 0 Å². The fourth-order valence-electron chi connectivity index (χ4n) is 4.13. The van der Waals surface area contributed by atoms with E-state index in [9.17, 15) is 4.79 Å². The van der Waals surface area contributed by atoms with Crippen LogP contribution in [0.15, 0.2) is 54.7 Å². The van der Waals surface area contributed by atoms with Crippen LogP contribution in [0.3, 0.4) is 0 Å². The Morgan fingerprint density at radius 1 is 1.00 bits per heavy atom. The lowest BCUT2D eigenvalue weighted by molar-refractivity contribution is -0.119. The van der Waals surface area contributed by atoms with Gasteiger partial charge in [-0.1, -0.05) is 0 Å². The predicted octanol–water partition coefficient (Wildman–Crippen LogP) is 3.28. The van der Waals surface area contributed by atoms with E-state index in [2.05, 4.69) is 37.6 Å². The van der Waals surface area contributed by atoms with Gasteiger partial charge in [-0.3, -0.25) is 4.79 Å². The Kier molecular flexibility index (Phi) is 6.55. The highest BCUT2D eigenvalue weighted by Crippen LogP contribution is 2.29. The first-order chi connectivity index (χ1) is 16.7. The molecule has 0 aliphatic carbocycles. The number of carbonyl (C=O) groups excluding carboxylic acids is 1. The van der Waals surface area contributed by atoms with E-state index < -0.39 is 0 Å². The SMILES string of the molecule is Nc1cc(NC(=O)C2CCOC2)ccc1-c1ccnc(Nc2ccc(N3CCOCC3)cc2)n1. The van der Waals surface area contributed by atoms with Gasteiger partial charge in [0.25, 0.3) is 0 Å². The van der Waals surface area contributed by atoms with Gasteiger partial charge in [0, 0.05) is 54.2 Å². The van der Waals surface area contributed by atoms with Crippen molar-refractivity contribution in [3.8, 4) is 11.3 Å². The summed E-state index contributed by atoms with van der Waals surface area (Å²) in [6.45, 7) is 4.40. The second-order valence-corrected chi connectivity index (χ2v) is 8.39. The normalized spacial score (nSPS) is 18.0. The molecule has 1 unspecified atom stereocenters. The van der Waals surface area contributed by atoms with Crippen molar-refractivity contribution in [2.24, 2.45) is 5.92 Å². The molecule has 2 saturated heterocycles. The minimum atomic E-state index is -0.112. The second kappa shape index (κ2) is 10.1. The summed E-state index contributed by atoms with van der Waals surface area (Å²) in [5.74, 6) is 0.326. The Hall–Kier alpha value is -3.69. The standard InChI is InChI=1S/C25H28N6O3/c26-22-15-19(28-24(32)17-8-12-34-16-17)3-6-21(22)23-7-9-27-25(30-23)29-18-1-4-20(5-2-18)31-10-13-33-14-11-31/h1-7,9,15,17H,8,10-14,16,26H2,(H,28,32)(H,27,29,30). The van der Waals surface area contributed by atoms with E-state index in [1.165, 1.54) is 5.69 Å². The van der Waals surface area contributed by atoms with Crippen molar-refractivity contribution in [3.63, 3.8) is 0 Å². The third kappa shape index (κ3) is 5.11. The molecule has 0 radical (unpaired) electrons. The summed E-state index contributed by atoms with van der Waals surface area (Å²) in [6.07, 6.45) is 2.44. The number of hydrogen-bond acceptors (Lipinski definition) is 8. The van der Waals surface area contributed by atoms with Crippen molar-refractivity contribution >= 4 is 34.6 Å². The van der Waals surface area contributed by atoms with E-state index in [-0.39, 0.29) is 11.8 Å². The van der Waals surface area contributed by atoms with Crippen molar-refractivity contribution in [1.29, 1.82) is 0 Å². The highest BCUT2D eigenvalue weighted by Gasteiger charge is 2.23. The summed E-state index contributed by atoms with van der Waals surface area (Å²) in [6, 6.07) is 15.5. The molecular formula is C25H28N6O3. The van der Waals surface area contributed by atoms with E-state index in [1.807, 2.05) is 30.3 Å². The average Bonchev–Trinajstić information content (AvgIpc) is 3.41. The van der Waals surface area contributed by atoms with Gasteiger partial charge in [0.2, 0.25) is 11.9 Å². The number of aromatic nitrogens is 2. The maximum absolute atomic E-state index is 12.3. The molecule has 3 heterocycles. The number of benzene rings is 2. The minimum absolute atomic E-state index is 0.0437. The van der Waals surface area contributed by atoms with Crippen LogP contribution in [0.5, 0.6) is 0 Å². The molecule has 2 fully saturated rings. The third-order valence-electron chi connectivity index (χ3n) is 6.05. The topological polar surface area (TPSA) is 115 Å². The number of anilines is 5. The van der Waals surface area contributed by atoms with Crippen molar-refractivity contribution in [2.45, 2.75) is 6.42 Å². The summed E-state index contributed by atoms with van der Waals surface area (Å²) in [4.78, 5) is 23.6. The van der Waals surface area contributed by atoms with Crippen LogP contribution in [0.2, 0.25) is 0 Å². The van der Waals surface area contributed by atoms with Crippen LogP contribution in [0.25, 0.3) is 11.3 Å². The molecule has 176 valence electrons. The zero-order chi connectivity index (χ0) is 23.3. The number of nitrogens with two attached hydrogens (primary N) is 1. The first-order valence-corrected chi connectivity index (χ1v) is 11.5. The Labute approximate surface area is 198 Å². The number of rotatable bonds is 6. The number of amides is 1. The maximum Gasteiger partial charge on any atom is 0.229 e.